The van der Waals surface area contributed by atoms with Gasteiger partial charge in [0.2, 0.25) is 0 Å². The van der Waals surface area contributed by atoms with E-state index in [0.717, 1.165) is 17.3 Å². The second-order valence-corrected chi connectivity index (χ2v) is 2.98. The van der Waals surface area contributed by atoms with E-state index in [2.05, 4.69) is 5.32 Å². The summed E-state index contributed by atoms with van der Waals surface area (Å²) in [5.74, 6) is -0.948. The lowest BCUT2D eigenvalue weighted by atomic mass is 10.1. The standard InChI is InChI=1S/C11H9NO2/c13-11(14)7-9-6-5-8-3-1-2-4-10(8)12-9/h1-7,12H,(H,13,14)/b9-7+. The van der Waals surface area contributed by atoms with Gasteiger partial charge >= 0.3 is 5.97 Å². The first-order chi connectivity index (χ1) is 6.75. The normalized spacial score (nSPS) is 16.1. The largest absolute Gasteiger partial charge is 0.478 e. The van der Waals surface area contributed by atoms with Gasteiger partial charge in [0.05, 0.1) is 0 Å². The van der Waals surface area contributed by atoms with E-state index in [9.17, 15) is 4.79 Å². The molecule has 1 aliphatic heterocycles. The van der Waals surface area contributed by atoms with Crippen molar-refractivity contribution in [1.29, 1.82) is 0 Å². The fourth-order valence-corrected chi connectivity index (χ4v) is 1.35. The van der Waals surface area contributed by atoms with Gasteiger partial charge < -0.3 is 10.4 Å². The maximum absolute atomic E-state index is 10.4. The third kappa shape index (κ3) is 1.66. The van der Waals surface area contributed by atoms with Gasteiger partial charge in [-0.25, -0.2) is 4.79 Å². The summed E-state index contributed by atoms with van der Waals surface area (Å²) in [6.45, 7) is 0. The highest BCUT2D eigenvalue weighted by molar-refractivity contribution is 5.85. The zero-order valence-electron chi connectivity index (χ0n) is 7.40. The molecule has 1 aliphatic rings. The lowest BCUT2D eigenvalue weighted by molar-refractivity contribution is -0.131. The number of anilines is 1. The first-order valence-electron chi connectivity index (χ1n) is 4.24. The Morgan fingerprint density at radius 2 is 2.07 bits per heavy atom. The van der Waals surface area contributed by atoms with Crippen LogP contribution < -0.4 is 5.32 Å². The fraction of sp³-hybridized carbons (Fsp3) is 0. The number of carbonyl (C=O) groups is 1. The predicted molar refractivity (Wildman–Crippen MR) is 54.8 cm³/mol. The van der Waals surface area contributed by atoms with Crippen LogP contribution in [0.2, 0.25) is 0 Å². The minimum Gasteiger partial charge on any atom is -0.478 e. The molecule has 3 heteroatoms. The van der Waals surface area contributed by atoms with Crippen LogP contribution in [-0.2, 0) is 4.79 Å². The second-order valence-electron chi connectivity index (χ2n) is 2.98. The molecule has 70 valence electrons. The highest BCUT2D eigenvalue weighted by Gasteiger charge is 2.06. The number of nitrogens with one attached hydrogen (secondary N) is 1. The highest BCUT2D eigenvalue weighted by Crippen LogP contribution is 2.23. The fourth-order valence-electron chi connectivity index (χ4n) is 1.35. The molecular formula is C11H9NO2. The van der Waals surface area contributed by atoms with Gasteiger partial charge in [-0.15, -0.1) is 0 Å². The molecule has 0 spiro atoms. The van der Waals surface area contributed by atoms with Crippen molar-refractivity contribution in [2.75, 3.05) is 5.32 Å². The van der Waals surface area contributed by atoms with Gasteiger partial charge in [-0.05, 0) is 17.7 Å². The van der Waals surface area contributed by atoms with E-state index < -0.39 is 5.97 Å². The summed E-state index contributed by atoms with van der Waals surface area (Å²) in [6.07, 6.45) is 4.78. The molecule has 0 bridgehead atoms. The maximum atomic E-state index is 10.4. The van der Waals surface area contributed by atoms with Gasteiger partial charge in [0.15, 0.2) is 0 Å². The molecule has 3 nitrogen and oxygen atoms in total. The third-order valence-corrected chi connectivity index (χ3v) is 1.96. The average Bonchev–Trinajstić information content (AvgIpc) is 2.17. The van der Waals surface area contributed by atoms with Crippen LogP contribution in [-0.4, -0.2) is 11.1 Å². The lowest BCUT2D eigenvalue weighted by Gasteiger charge is -2.14. The Bertz CT molecular complexity index is 433. The minimum atomic E-state index is -0.948. The van der Waals surface area contributed by atoms with E-state index in [1.807, 2.05) is 30.3 Å². The Balaban J connectivity index is 2.34. The Morgan fingerprint density at radius 3 is 2.86 bits per heavy atom. The van der Waals surface area contributed by atoms with E-state index >= 15 is 0 Å². The van der Waals surface area contributed by atoms with E-state index in [-0.39, 0.29) is 0 Å². The summed E-state index contributed by atoms with van der Waals surface area (Å²) in [7, 11) is 0. The van der Waals surface area contributed by atoms with Gasteiger partial charge in [-0.3, -0.25) is 0 Å². The highest BCUT2D eigenvalue weighted by atomic mass is 16.4. The molecule has 14 heavy (non-hydrogen) atoms. The third-order valence-electron chi connectivity index (χ3n) is 1.96. The van der Waals surface area contributed by atoms with Crippen molar-refractivity contribution in [2.24, 2.45) is 0 Å². The van der Waals surface area contributed by atoms with Crippen LogP contribution >= 0.6 is 0 Å². The average molecular weight is 187 g/mol. The summed E-state index contributed by atoms with van der Waals surface area (Å²) in [5, 5.41) is 11.6. The molecule has 0 amide bonds. The number of allylic oxidation sites excluding steroid dienone is 1. The number of rotatable bonds is 1. The molecule has 0 aliphatic carbocycles. The van der Waals surface area contributed by atoms with Crippen molar-refractivity contribution in [3.63, 3.8) is 0 Å². The number of hydrogen-bond acceptors (Lipinski definition) is 2. The number of para-hydroxylation sites is 1. The van der Waals surface area contributed by atoms with Crippen molar-refractivity contribution < 1.29 is 9.90 Å². The molecule has 1 aromatic carbocycles. The summed E-state index contributed by atoms with van der Waals surface area (Å²) >= 11 is 0. The summed E-state index contributed by atoms with van der Waals surface area (Å²) in [5.41, 5.74) is 2.59. The van der Waals surface area contributed by atoms with E-state index in [4.69, 9.17) is 5.11 Å². The van der Waals surface area contributed by atoms with Crippen LogP contribution in [0.5, 0.6) is 0 Å². The molecule has 1 heterocycles. The van der Waals surface area contributed by atoms with Crippen LogP contribution in [0.25, 0.3) is 6.08 Å². The minimum absolute atomic E-state index is 0.594. The van der Waals surface area contributed by atoms with Crippen molar-refractivity contribution >= 4 is 17.7 Å². The zero-order chi connectivity index (χ0) is 9.97. The van der Waals surface area contributed by atoms with Crippen LogP contribution in [0.15, 0.2) is 42.1 Å². The monoisotopic (exact) mass is 187 g/mol. The summed E-state index contributed by atoms with van der Waals surface area (Å²) in [6, 6.07) is 7.73. The zero-order valence-corrected chi connectivity index (χ0v) is 7.40. The molecule has 0 fully saturated rings. The van der Waals surface area contributed by atoms with E-state index in [0.29, 0.717) is 5.70 Å². The molecule has 0 radical (unpaired) electrons. The number of carboxylic acid groups (broad SMARTS) is 1. The first-order valence-corrected chi connectivity index (χ1v) is 4.24. The smallest absolute Gasteiger partial charge is 0.330 e. The van der Waals surface area contributed by atoms with E-state index in [1.54, 1.807) is 6.08 Å². The molecule has 0 aromatic heterocycles. The van der Waals surface area contributed by atoms with Crippen molar-refractivity contribution in [1.82, 2.24) is 0 Å². The number of fused-ring (bicyclic) bond motifs is 1. The van der Waals surface area contributed by atoms with Crippen LogP contribution in [0.1, 0.15) is 5.56 Å². The van der Waals surface area contributed by atoms with Crippen LogP contribution in [0.3, 0.4) is 0 Å². The summed E-state index contributed by atoms with van der Waals surface area (Å²) < 4.78 is 0. The number of aliphatic carboxylic acids is 1. The van der Waals surface area contributed by atoms with Gasteiger partial charge in [0.25, 0.3) is 0 Å². The molecular weight excluding hydrogens is 178 g/mol. The van der Waals surface area contributed by atoms with Crippen molar-refractivity contribution in [2.45, 2.75) is 0 Å². The molecule has 0 saturated heterocycles. The van der Waals surface area contributed by atoms with Crippen molar-refractivity contribution in [3.05, 3.63) is 47.7 Å². The number of hydrogen-bond donors (Lipinski definition) is 2. The molecule has 0 unspecified atom stereocenters. The predicted octanol–water partition coefficient (Wildman–Crippen LogP) is 2.09. The van der Waals surface area contributed by atoms with Gasteiger partial charge in [0.1, 0.15) is 0 Å². The van der Waals surface area contributed by atoms with Crippen LogP contribution in [0.4, 0.5) is 5.69 Å². The Labute approximate surface area is 81.4 Å². The summed E-state index contributed by atoms with van der Waals surface area (Å²) in [4.78, 5) is 10.4. The molecule has 1 aromatic rings. The molecule has 0 saturated carbocycles. The second kappa shape index (κ2) is 3.38. The molecule has 2 N–H and O–H groups in total. The van der Waals surface area contributed by atoms with Gasteiger partial charge in [-0.1, -0.05) is 24.3 Å². The number of benzene rings is 1. The van der Waals surface area contributed by atoms with E-state index in [1.165, 1.54) is 0 Å². The Hall–Kier alpha value is -2.03. The lowest BCUT2D eigenvalue weighted by Crippen LogP contribution is -2.05. The van der Waals surface area contributed by atoms with Gasteiger partial charge in [0, 0.05) is 17.5 Å². The molecule has 2 rings (SSSR count). The Morgan fingerprint density at radius 1 is 1.29 bits per heavy atom. The Kier molecular flexibility index (Phi) is 2.07. The maximum Gasteiger partial charge on any atom is 0.330 e. The van der Waals surface area contributed by atoms with Gasteiger partial charge in [-0.2, -0.15) is 0 Å². The SMILES string of the molecule is O=C(O)/C=C1\C=Cc2ccccc2N1. The topological polar surface area (TPSA) is 49.3 Å². The van der Waals surface area contributed by atoms with Crippen molar-refractivity contribution in [3.8, 4) is 0 Å². The number of carboxylic acids is 1. The quantitative estimate of drug-likeness (QED) is 0.662. The molecule has 0 atom stereocenters. The first kappa shape index (κ1) is 8.56. The van der Waals surface area contributed by atoms with Crippen LogP contribution in [0, 0.1) is 0 Å².